The van der Waals surface area contributed by atoms with Crippen LogP contribution in [-0.4, -0.2) is 53.1 Å². The molecule has 2 amide bonds. The van der Waals surface area contributed by atoms with Crippen molar-refractivity contribution < 1.29 is 23.9 Å². The molecule has 0 aromatic carbocycles. The number of carboxylic acids is 1. The number of halogens is 1. The molecule has 1 fully saturated rings. The normalized spacial score (nSPS) is 20.3. The van der Waals surface area contributed by atoms with Crippen LogP contribution in [-0.2, 0) is 14.4 Å². The van der Waals surface area contributed by atoms with Gasteiger partial charge in [-0.05, 0) is 25.7 Å². The molecule has 1 heterocycles. The molecule has 0 spiro atoms. The highest BCUT2D eigenvalue weighted by molar-refractivity contribution is 5.90. The number of carbonyl (C=O) groups is 3. The quantitative estimate of drug-likeness (QED) is 0.753. The maximum absolute atomic E-state index is 12.5. The smallest absolute Gasteiger partial charge is 0.328 e. The van der Waals surface area contributed by atoms with E-state index in [2.05, 4.69) is 5.32 Å². The lowest BCUT2D eigenvalue weighted by atomic mass is 10.0. The molecule has 0 aliphatic carbocycles. The zero-order valence-corrected chi connectivity index (χ0v) is 11.6. The minimum Gasteiger partial charge on any atom is -0.480 e. The molecule has 0 radical (unpaired) electrons. The van der Waals surface area contributed by atoms with Gasteiger partial charge >= 0.3 is 5.97 Å². The molecule has 1 rings (SSSR count). The minimum absolute atomic E-state index is 0.112. The van der Waals surface area contributed by atoms with Gasteiger partial charge in [-0.3, -0.25) is 9.59 Å². The summed E-state index contributed by atoms with van der Waals surface area (Å²) in [6.07, 6.45) is 3.15. The molecule has 1 saturated heterocycles. The number of carbonyl (C=O) groups excluding carboxylic acids is 2. The summed E-state index contributed by atoms with van der Waals surface area (Å²) in [6.45, 7) is 1.20. The molecule has 0 aromatic rings. The number of rotatable bonds is 6. The fourth-order valence-corrected chi connectivity index (χ4v) is 2.29. The molecule has 0 aromatic heterocycles. The third-order valence-corrected chi connectivity index (χ3v) is 3.36. The Morgan fingerprint density at radius 3 is 2.65 bits per heavy atom. The number of nitrogens with one attached hydrogen (secondary N) is 1. The van der Waals surface area contributed by atoms with Gasteiger partial charge in [0.05, 0.1) is 0 Å². The average Bonchev–Trinajstić information content (AvgIpc) is 2.44. The summed E-state index contributed by atoms with van der Waals surface area (Å²) >= 11 is 0. The first-order chi connectivity index (χ1) is 9.51. The highest BCUT2D eigenvalue weighted by Crippen LogP contribution is 2.18. The van der Waals surface area contributed by atoms with Crippen molar-refractivity contribution >= 4 is 17.8 Å². The van der Waals surface area contributed by atoms with Gasteiger partial charge in [-0.2, -0.15) is 0 Å². The van der Waals surface area contributed by atoms with Crippen LogP contribution in [0.5, 0.6) is 0 Å². The maximum atomic E-state index is 12.5. The first kappa shape index (κ1) is 16.4. The number of carboxylic acid groups (broad SMARTS) is 1. The third kappa shape index (κ3) is 4.18. The Morgan fingerprint density at radius 2 is 2.10 bits per heavy atom. The first-order valence-corrected chi connectivity index (χ1v) is 6.89. The second-order valence-corrected chi connectivity index (χ2v) is 4.90. The van der Waals surface area contributed by atoms with Crippen molar-refractivity contribution in [3.63, 3.8) is 0 Å². The van der Waals surface area contributed by atoms with Crippen molar-refractivity contribution in [2.24, 2.45) is 0 Å². The summed E-state index contributed by atoms with van der Waals surface area (Å²) in [7, 11) is 0. The zero-order chi connectivity index (χ0) is 15.1. The van der Waals surface area contributed by atoms with Crippen LogP contribution in [0.2, 0.25) is 0 Å². The maximum Gasteiger partial charge on any atom is 0.328 e. The Kier molecular flexibility index (Phi) is 6.41. The van der Waals surface area contributed by atoms with Crippen LogP contribution >= 0.6 is 0 Å². The summed E-state index contributed by atoms with van der Waals surface area (Å²) in [6, 6.07) is -2.23. The average molecular weight is 288 g/mol. The van der Waals surface area contributed by atoms with Gasteiger partial charge in [0.25, 0.3) is 0 Å². The molecular weight excluding hydrogens is 267 g/mol. The Morgan fingerprint density at radius 1 is 1.40 bits per heavy atom. The SMILES string of the molecule is CCCC(=O)N1CCCCC1C(=O)NC(CF)C(=O)O. The molecule has 20 heavy (non-hydrogen) atoms. The molecule has 7 heteroatoms. The van der Waals surface area contributed by atoms with Gasteiger partial charge in [0.1, 0.15) is 12.7 Å². The summed E-state index contributed by atoms with van der Waals surface area (Å²) in [5.74, 6) is -2.11. The Labute approximate surface area is 117 Å². The Balaban J connectivity index is 2.71. The van der Waals surface area contributed by atoms with Gasteiger partial charge in [-0.25, -0.2) is 9.18 Å². The van der Waals surface area contributed by atoms with E-state index < -0.39 is 30.6 Å². The number of piperidine rings is 1. The summed E-state index contributed by atoms with van der Waals surface area (Å²) in [5, 5.41) is 10.9. The van der Waals surface area contributed by atoms with Gasteiger partial charge in [0.15, 0.2) is 6.04 Å². The minimum atomic E-state index is -1.55. The number of amides is 2. The summed E-state index contributed by atoms with van der Waals surface area (Å²) in [5.41, 5.74) is 0. The van der Waals surface area contributed by atoms with Crippen LogP contribution in [0.25, 0.3) is 0 Å². The molecule has 2 unspecified atom stereocenters. The predicted octanol–water partition coefficient (Wildman–Crippen LogP) is 0.706. The van der Waals surface area contributed by atoms with E-state index in [-0.39, 0.29) is 5.91 Å². The zero-order valence-electron chi connectivity index (χ0n) is 11.6. The van der Waals surface area contributed by atoms with E-state index >= 15 is 0 Å². The van der Waals surface area contributed by atoms with Crippen molar-refractivity contribution in [1.29, 1.82) is 0 Å². The lowest BCUT2D eigenvalue weighted by Gasteiger charge is -2.35. The van der Waals surface area contributed by atoms with E-state index in [1.807, 2.05) is 6.92 Å². The van der Waals surface area contributed by atoms with Crippen molar-refractivity contribution in [2.75, 3.05) is 13.2 Å². The van der Waals surface area contributed by atoms with Gasteiger partial charge in [-0.1, -0.05) is 6.92 Å². The van der Waals surface area contributed by atoms with Crippen molar-refractivity contribution in [2.45, 2.75) is 51.1 Å². The van der Waals surface area contributed by atoms with Crippen LogP contribution in [0.3, 0.4) is 0 Å². The second kappa shape index (κ2) is 7.81. The van der Waals surface area contributed by atoms with Crippen molar-refractivity contribution in [3.8, 4) is 0 Å². The third-order valence-electron chi connectivity index (χ3n) is 3.36. The van der Waals surface area contributed by atoms with E-state index in [1.165, 1.54) is 4.90 Å². The largest absolute Gasteiger partial charge is 0.480 e. The molecule has 0 saturated carbocycles. The van der Waals surface area contributed by atoms with Crippen LogP contribution in [0.4, 0.5) is 4.39 Å². The van der Waals surface area contributed by atoms with Crippen LogP contribution < -0.4 is 5.32 Å². The summed E-state index contributed by atoms with van der Waals surface area (Å²) < 4.78 is 12.5. The Bertz CT molecular complexity index is 375. The lowest BCUT2D eigenvalue weighted by Crippen LogP contribution is -2.55. The molecule has 2 N–H and O–H groups in total. The molecule has 2 atom stereocenters. The standard InChI is InChI=1S/C13H21FN2O4/c1-2-5-11(17)16-7-4-3-6-10(16)12(18)15-9(8-14)13(19)20/h9-10H,2-8H2,1H3,(H,15,18)(H,19,20). The number of hydrogen-bond acceptors (Lipinski definition) is 3. The van der Waals surface area contributed by atoms with Crippen LogP contribution in [0, 0.1) is 0 Å². The second-order valence-electron chi connectivity index (χ2n) is 4.90. The fraction of sp³-hybridized carbons (Fsp3) is 0.769. The molecule has 114 valence electrons. The van der Waals surface area contributed by atoms with Gasteiger partial charge in [0, 0.05) is 13.0 Å². The molecule has 0 bridgehead atoms. The van der Waals surface area contributed by atoms with E-state index in [4.69, 9.17) is 5.11 Å². The molecule has 1 aliphatic rings. The summed E-state index contributed by atoms with van der Waals surface area (Å²) in [4.78, 5) is 36.2. The van der Waals surface area contributed by atoms with E-state index in [9.17, 15) is 18.8 Å². The van der Waals surface area contributed by atoms with E-state index in [0.29, 0.717) is 25.8 Å². The highest BCUT2D eigenvalue weighted by Gasteiger charge is 2.33. The first-order valence-electron chi connectivity index (χ1n) is 6.89. The van der Waals surface area contributed by atoms with Crippen LogP contribution in [0.1, 0.15) is 39.0 Å². The van der Waals surface area contributed by atoms with Crippen molar-refractivity contribution in [3.05, 3.63) is 0 Å². The lowest BCUT2D eigenvalue weighted by molar-refractivity contribution is -0.146. The number of hydrogen-bond donors (Lipinski definition) is 2. The van der Waals surface area contributed by atoms with Crippen LogP contribution in [0.15, 0.2) is 0 Å². The fourth-order valence-electron chi connectivity index (χ4n) is 2.29. The van der Waals surface area contributed by atoms with Gasteiger partial charge in [-0.15, -0.1) is 0 Å². The number of nitrogens with zero attached hydrogens (tertiary/aromatic N) is 1. The van der Waals surface area contributed by atoms with E-state index in [1.54, 1.807) is 0 Å². The monoisotopic (exact) mass is 288 g/mol. The topological polar surface area (TPSA) is 86.7 Å². The molecule has 1 aliphatic heterocycles. The van der Waals surface area contributed by atoms with Crippen molar-refractivity contribution in [1.82, 2.24) is 10.2 Å². The molecular formula is C13H21FN2O4. The van der Waals surface area contributed by atoms with Gasteiger partial charge < -0.3 is 15.3 Å². The number of alkyl halides is 1. The highest BCUT2D eigenvalue weighted by atomic mass is 19.1. The number of likely N-dealkylation sites (tertiary alicyclic amines) is 1. The molecule has 6 nitrogen and oxygen atoms in total. The van der Waals surface area contributed by atoms with Gasteiger partial charge in [0.2, 0.25) is 11.8 Å². The van der Waals surface area contributed by atoms with E-state index in [0.717, 1.165) is 12.8 Å². The Hall–Kier alpha value is -1.66. The number of aliphatic carboxylic acids is 1. The predicted molar refractivity (Wildman–Crippen MR) is 69.8 cm³/mol.